The van der Waals surface area contributed by atoms with E-state index in [0.717, 1.165) is 33.4 Å². The SMILES string of the molecule is Cc1nc2c3ncccc3ccc2n1-c1ccccc1. The average Bonchev–Trinajstić information content (AvgIpc) is 2.84. The van der Waals surface area contributed by atoms with Crippen LogP contribution in [0, 0.1) is 6.92 Å². The summed E-state index contributed by atoms with van der Waals surface area (Å²) in [7, 11) is 0. The topological polar surface area (TPSA) is 30.7 Å². The van der Waals surface area contributed by atoms with E-state index in [1.165, 1.54) is 0 Å². The van der Waals surface area contributed by atoms with Crippen LogP contribution < -0.4 is 0 Å². The summed E-state index contributed by atoms with van der Waals surface area (Å²) in [6.07, 6.45) is 1.82. The largest absolute Gasteiger partial charge is 0.296 e. The Morgan fingerprint density at radius 3 is 2.55 bits per heavy atom. The second-order valence-electron chi connectivity index (χ2n) is 4.84. The molecule has 0 saturated carbocycles. The highest BCUT2D eigenvalue weighted by Crippen LogP contribution is 2.26. The molecule has 4 rings (SSSR count). The van der Waals surface area contributed by atoms with Gasteiger partial charge in [-0.3, -0.25) is 9.55 Å². The molecule has 0 N–H and O–H groups in total. The number of aryl methyl sites for hydroxylation is 1. The Hall–Kier alpha value is -2.68. The fraction of sp³-hybridized carbons (Fsp3) is 0.0588. The third-order valence-electron chi connectivity index (χ3n) is 3.58. The van der Waals surface area contributed by atoms with E-state index in [-0.39, 0.29) is 0 Å². The highest BCUT2D eigenvalue weighted by Gasteiger charge is 2.11. The van der Waals surface area contributed by atoms with Gasteiger partial charge in [-0.2, -0.15) is 0 Å². The summed E-state index contributed by atoms with van der Waals surface area (Å²) in [6, 6.07) is 18.5. The summed E-state index contributed by atoms with van der Waals surface area (Å²) >= 11 is 0. The van der Waals surface area contributed by atoms with E-state index in [0.29, 0.717) is 0 Å². The van der Waals surface area contributed by atoms with Crippen LogP contribution in [-0.4, -0.2) is 14.5 Å². The van der Waals surface area contributed by atoms with Crippen LogP contribution in [0.5, 0.6) is 0 Å². The number of nitrogens with zero attached hydrogens (tertiary/aromatic N) is 3. The van der Waals surface area contributed by atoms with Crippen LogP contribution in [0.25, 0.3) is 27.6 Å². The molecule has 0 bridgehead atoms. The maximum Gasteiger partial charge on any atom is 0.115 e. The normalized spacial score (nSPS) is 11.2. The predicted octanol–water partition coefficient (Wildman–Crippen LogP) is 3.88. The molecule has 2 heterocycles. The van der Waals surface area contributed by atoms with E-state index >= 15 is 0 Å². The number of para-hydroxylation sites is 1. The van der Waals surface area contributed by atoms with Crippen molar-refractivity contribution in [1.29, 1.82) is 0 Å². The van der Waals surface area contributed by atoms with Gasteiger partial charge in [-0.15, -0.1) is 0 Å². The van der Waals surface area contributed by atoms with Crippen LogP contribution >= 0.6 is 0 Å². The molecule has 96 valence electrons. The molecule has 0 aliphatic heterocycles. The van der Waals surface area contributed by atoms with Gasteiger partial charge in [-0.1, -0.05) is 30.3 Å². The maximum atomic E-state index is 4.72. The smallest absolute Gasteiger partial charge is 0.115 e. The summed E-state index contributed by atoms with van der Waals surface area (Å²) < 4.78 is 2.17. The first kappa shape index (κ1) is 11.2. The molecule has 0 radical (unpaired) electrons. The Kier molecular flexibility index (Phi) is 2.33. The second-order valence-corrected chi connectivity index (χ2v) is 4.84. The third kappa shape index (κ3) is 1.53. The Bertz CT molecular complexity index is 907. The number of fused-ring (bicyclic) bond motifs is 3. The number of aromatic nitrogens is 3. The summed E-state index contributed by atoms with van der Waals surface area (Å²) in [5.41, 5.74) is 4.15. The molecule has 0 saturated heterocycles. The second kappa shape index (κ2) is 4.17. The highest BCUT2D eigenvalue weighted by molar-refractivity contribution is 6.02. The van der Waals surface area contributed by atoms with E-state index in [9.17, 15) is 0 Å². The minimum Gasteiger partial charge on any atom is -0.296 e. The van der Waals surface area contributed by atoms with Gasteiger partial charge in [-0.25, -0.2) is 4.98 Å². The molecule has 0 aliphatic carbocycles. The number of hydrogen-bond donors (Lipinski definition) is 0. The zero-order chi connectivity index (χ0) is 13.5. The van der Waals surface area contributed by atoms with Gasteiger partial charge in [0.05, 0.1) is 11.0 Å². The van der Waals surface area contributed by atoms with E-state index in [1.54, 1.807) is 0 Å². The quantitative estimate of drug-likeness (QED) is 0.519. The minimum atomic E-state index is 0.961. The Morgan fingerprint density at radius 1 is 0.850 bits per heavy atom. The van der Waals surface area contributed by atoms with Gasteiger partial charge in [0.1, 0.15) is 11.3 Å². The number of benzene rings is 2. The van der Waals surface area contributed by atoms with Crippen molar-refractivity contribution in [1.82, 2.24) is 14.5 Å². The Balaban J connectivity index is 2.13. The van der Waals surface area contributed by atoms with Gasteiger partial charge in [-0.05, 0) is 31.2 Å². The standard InChI is InChI=1S/C17H13N3/c1-12-19-17-15(20(12)14-7-3-2-4-8-14)10-9-13-6-5-11-18-16(13)17/h2-11H,1H3. The molecule has 0 unspecified atom stereocenters. The van der Waals surface area contributed by atoms with Crippen LogP contribution in [0.15, 0.2) is 60.8 Å². The van der Waals surface area contributed by atoms with E-state index in [1.807, 2.05) is 37.4 Å². The molecule has 0 fully saturated rings. The number of pyridine rings is 1. The summed E-state index contributed by atoms with van der Waals surface area (Å²) in [5.74, 6) is 0.976. The minimum absolute atomic E-state index is 0.961. The predicted molar refractivity (Wildman–Crippen MR) is 81.1 cm³/mol. The van der Waals surface area contributed by atoms with Crippen molar-refractivity contribution in [3.8, 4) is 5.69 Å². The van der Waals surface area contributed by atoms with Gasteiger partial charge in [0.25, 0.3) is 0 Å². The fourth-order valence-electron chi connectivity index (χ4n) is 2.70. The molecule has 3 heteroatoms. The first-order valence-electron chi connectivity index (χ1n) is 6.63. The van der Waals surface area contributed by atoms with Crippen molar-refractivity contribution in [3.05, 3.63) is 66.6 Å². The first-order valence-corrected chi connectivity index (χ1v) is 6.63. The fourth-order valence-corrected chi connectivity index (χ4v) is 2.70. The maximum absolute atomic E-state index is 4.72. The Morgan fingerprint density at radius 2 is 1.70 bits per heavy atom. The van der Waals surface area contributed by atoms with Gasteiger partial charge >= 0.3 is 0 Å². The first-order chi connectivity index (χ1) is 9.84. The van der Waals surface area contributed by atoms with Crippen molar-refractivity contribution >= 4 is 21.9 Å². The molecular weight excluding hydrogens is 246 g/mol. The summed E-state index contributed by atoms with van der Waals surface area (Å²) in [6.45, 7) is 2.03. The summed E-state index contributed by atoms with van der Waals surface area (Å²) in [4.78, 5) is 9.20. The monoisotopic (exact) mass is 259 g/mol. The van der Waals surface area contributed by atoms with Crippen LogP contribution in [0.3, 0.4) is 0 Å². The van der Waals surface area contributed by atoms with Crippen molar-refractivity contribution in [3.63, 3.8) is 0 Å². The van der Waals surface area contributed by atoms with Gasteiger partial charge in [0.2, 0.25) is 0 Å². The van der Waals surface area contributed by atoms with Crippen molar-refractivity contribution in [2.45, 2.75) is 6.92 Å². The lowest BCUT2D eigenvalue weighted by Gasteiger charge is -2.06. The summed E-state index contributed by atoms with van der Waals surface area (Å²) in [5, 5.41) is 1.12. The lowest BCUT2D eigenvalue weighted by atomic mass is 10.2. The van der Waals surface area contributed by atoms with Crippen molar-refractivity contribution in [2.75, 3.05) is 0 Å². The highest BCUT2D eigenvalue weighted by atomic mass is 15.1. The lowest BCUT2D eigenvalue weighted by molar-refractivity contribution is 1.00. The molecule has 2 aromatic carbocycles. The molecule has 0 aliphatic rings. The van der Waals surface area contributed by atoms with Crippen LogP contribution in [0.2, 0.25) is 0 Å². The lowest BCUT2D eigenvalue weighted by Crippen LogP contribution is -1.95. The zero-order valence-electron chi connectivity index (χ0n) is 11.1. The average molecular weight is 259 g/mol. The van der Waals surface area contributed by atoms with E-state index < -0.39 is 0 Å². The molecule has 2 aromatic heterocycles. The zero-order valence-corrected chi connectivity index (χ0v) is 11.1. The number of hydrogen-bond acceptors (Lipinski definition) is 2. The molecular formula is C17H13N3. The molecule has 0 spiro atoms. The molecule has 4 aromatic rings. The number of rotatable bonds is 1. The Labute approximate surface area is 116 Å². The van der Waals surface area contributed by atoms with E-state index in [4.69, 9.17) is 4.98 Å². The van der Waals surface area contributed by atoms with Crippen molar-refractivity contribution in [2.24, 2.45) is 0 Å². The van der Waals surface area contributed by atoms with Crippen LogP contribution in [0.4, 0.5) is 0 Å². The van der Waals surface area contributed by atoms with Crippen LogP contribution in [0.1, 0.15) is 5.82 Å². The molecule has 0 atom stereocenters. The van der Waals surface area contributed by atoms with Crippen molar-refractivity contribution < 1.29 is 0 Å². The van der Waals surface area contributed by atoms with Gasteiger partial charge in [0.15, 0.2) is 0 Å². The third-order valence-corrected chi connectivity index (χ3v) is 3.58. The molecule has 20 heavy (non-hydrogen) atoms. The van der Waals surface area contributed by atoms with E-state index in [2.05, 4.69) is 39.9 Å². The molecule has 0 amide bonds. The number of imidazole rings is 1. The van der Waals surface area contributed by atoms with Crippen LogP contribution in [-0.2, 0) is 0 Å². The molecule has 3 nitrogen and oxygen atoms in total. The van der Waals surface area contributed by atoms with Gasteiger partial charge in [0, 0.05) is 17.3 Å². The van der Waals surface area contributed by atoms with Gasteiger partial charge < -0.3 is 0 Å².